The number of hydrogen-bond donors (Lipinski definition) is 0. The van der Waals surface area contributed by atoms with E-state index in [0.717, 1.165) is 6.42 Å². The van der Waals surface area contributed by atoms with Crippen LogP contribution >= 0.6 is 0 Å². The van der Waals surface area contributed by atoms with Crippen LogP contribution in [0.5, 0.6) is 0 Å². The standard InChI is InChI=1S/C11H19NO4/c1-3-16-11(13)10(9-12)5-8-15-7-4-6-14-2/h10H,3-8H2,1-2H3. The van der Waals surface area contributed by atoms with E-state index in [1.54, 1.807) is 14.0 Å². The van der Waals surface area contributed by atoms with Crippen LogP contribution in [0, 0.1) is 17.2 Å². The highest BCUT2D eigenvalue weighted by atomic mass is 16.5. The molecule has 5 nitrogen and oxygen atoms in total. The highest BCUT2D eigenvalue weighted by molar-refractivity contribution is 5.75. The molecule has 0 rings (SSSR count). The lowest BCUT2D eigenvalue weighted by molar-refractivity contribution is -0.146. The molecular weight excluding hydrogens is 210 g/mol. The normalized spacial score (nSPS) is 11.8. The summed E-state index contributed by atoms with van der Waals surface area (Å²) >= 11 is 0. The summed E-state index contributed by atoms with van der Waals surface area (Å²) in [5.74, 6) is -1.19. The van der Waals surface area contributed by atoms with Gasteiger partial charge < -0.3 is 14.2 Å². The third-order valence-corrected chi connectivity index (χ3v) is 1.91. The molecule has 0 aromatic rings. The molecule has 0 bridgehead atoms. The zero-order chi connectivity index (χ0) is 12.2. The summed E-state index contributed by atoms with van der Waals surface area (Å²) < 4.78 is 14.9. The second kappa shape index (κ2) is 10.4. The van der Waals surface area contributed by atoms with Crippen LogP contribution in [0.2, 0.25) is 0 Å². The average Bonchev–Trinajstić information content (AvgIpc) is 2.28. The number of ether oxygens (including phenoxy) is 3. The zero-order valence-corrected chi connectivity index (χ0v) is 9.90. The average molecular weight is 229 g/mol. The molecule has 0 amide bonds. The van der Waals surface area contributed by atoms with Crippen molar-refractivity contribution >= 4 is 5.97 Å². The van der Waals surface area contributed by atoms with Gasteiger partial charge in [-0.1, -0.05) is 0 Å². The Bertz CT molecular complexity index is 225. The number of carbonyl (C=O) groups is 1. The van der Waals surface area contributed by atoms with E-state index in [9.17, 15) is 4.79 Å². The largest absolute Gasteiger partial charge is 0.465 e. The topological polar surface area (TPSA) is 68.6 Å². The van der Waals surface area contributed by atoms with Crippen molar-refractivity contribution in [2.45, 2.75) is 19.8 Å². The summed E-state index contributed by atoms with van der Waals surface area (Å²) in [6.45, 7) is 3.63. The Labute approximate surface area is 96.3 Å². The summed E-state index contributed by atoms with van der Waals surface area (Å²) in [5, 5.41) is 8.74. The number of nitrogens with zero attached hydrogens (tertiary/aromatic N) is 1. The number of nitriles is 1. The van der Waals surface area contributed by atoms with Crippen LogP contribution in [-0.4, -0.2) is 39.5 Å². The molecule has 0 fully saturated rings. The fourth-order valence-corrected chi connectivity index (χ4v) is 1.09. The smallest absolute Gasteiger partial charge is 0.323 e. The molecule has 0 radical (unpaired) electrons. The first-order valence-corrected chi connectivity index (χ1v) is 5.39. The van der Waals surface area contributed by atoms with Gasteiger partial charge in [0, 0.05) is 26.9 Å². The van der Waals surface area contributed by atoms with E-state index in [4.69, 9.17) is 19.5 Å². The molecule has 0 heterocycles. The van der Waals surface area contributed by atoms with E-state index in [2.05, 4.69) is 0 Å². The quantitative estimate of drug-likeness (QED) is 0.438. The van der Waals surface area contributed by atoms with E-state index in [1.807, 2.05) is 6.07 Å². The monoisotopic (exact) mass is 229 g/mol. The summed E-state index contributed by atoms with van der Waals surface area (Å²) in [6, 6.07) is 1.91. The molecule has 1 unspecified atom stereocenters. The maximum atomic E-state index is 11.2. The van der Waals surface area contributed by atoms with E-state index >= 15 is 0 Å². The van der Waals surface area contributed by atoms with Gasteiger partial charge in [0.05, 0.1) is 12.7 Å². The number of methoxy groups -OCH3 is 1. The highest BCUT2D eigenvalue weighted by Crippen LogP contribution is 2.04. The van der Waals surface area contributed by atoms with Crippen LogP contribution in [0.3, 0.4) is 0 Å². The minimum Gasteiger partial charge on any atom is -0.465 e. The van der Waals surface area contributed by atoms with Gasteiger partial charge in [-0.25, -0.2) is 0 Å². The minimum absolute atomic E-state index is 0.297. The van der Waals surface area contributed by atoms with Gasteiger partial charge in [0.25, 0.3) is 0 Å². The number of carbonyl (C=O) groups excluding carboxylic acids is 1. The van der Waals surface area contributed by atoms with Gasteiger partial charge in [-0.05, 0) is 19.8 Å². The van der Waals surface area contributed by atoms with Gasteiger partial charge >= 0.3 is 5.97 Å². The molecule has 0 saturated heterocycles. The predicted molar refractivity (Wildman–Crippen MR) is 57.7 cm³/mol. The van der Waals surface area contributed by atoms with Crippen molar-refractivity contribution in [3.63, 3.8) is 0 Å². The van der Waals surface area contributed by atoms with Crippen molar-refractivity contribution in [3.8, 4) is 6.07 Å². The van der Waals surface area contributed by atoms with Crippen LogP contribution in [-0.2, 0) is 19.0 Å². The van der Waals surface area contributed by atoms with Gasteiger partial charge in [0.2, 0.25) is 0 Å². The number of esters is 1. The fourth-order valence-electron chi connectivity index (χ4n) is 1.09. The third kappa shape index (κ3) is 7.21. The van der Waals surface area contributed by atoms with Crippen LogP contribution in [0.1, 0.15) is 19.8 Å². The van der Waals surface area contributed by atoms with Crippen molar-refractivity contribution in [3.05, 3.63) is 0 Å². The molecular formula is C11H19NO4. The van der Waals surface area contributed by atoms with Crippen molar-refractivity contribution in [1.82, 2.24) is 0 Å². The Morgan fingerprint density at radius 3 is 2.69 bits per heavy atom. The summed E-state index contributed by atoms with van der Waals surface area (Å²) in [5.41, 5.74) is 0. The lowest BCUT2D eigenvalue weighted by atomic mass is 10.1. The summed E-state index contributed by atoms with van der Waals surface area (Å²) in [7, 11) is 1.63. The number of rotatable bonds is 9. The Morgan fingerprint density at radius 1 is 1.38 bits per heavy atom. The summed E-state index contributed by atoms with van der Waals surface area (Å²) in [6.07, 6.45) is 1.19. The highest BCUT2D eigenvalue weighted by Gasteiger charge is 2.18. The SMILES string of the molecule is CCOC(=O)C(C#N)CCOCCCOC. The molecule has 1 atom stereocenters. The van der Waals surface area contributed by atoms with Crippen LogP contribution < -0.4 is 0 Å². The fraction of sp³-hybridized carbons (Fsp3) is 0.818. The Kier molecular flexibility index (Phi) is 9.67. The molecule has 16 heavy (non-hydrogen) atoms. The van der Waals surface area contributed by atoms with Gasteiger partial charge in [-0.15, -0.1) is 0 Å². The van der Waals surface area contributed by atoms with E-state index in [-0.39, 0.29) is 0 Å². The second-order valence-electron chi connectivity index (χ2n) is 3.18. The van der Waals surface area contributed by atoms with E-state index in [1.165, 1.54) is 0 Å². The van der Waals surface area contributed by atoms with Crippen molar-refractivity contribution in [2.75, 3.05) is 33.5 Å². The molecule has 0 aliphatic heterocycles. The Morgan fingerprint density at radius 2 is 2.12 bits per heavy atom. The first-order valence-electron chi connectivity index (χ1n) is 5.39. The molecule has 0 aliphatic rings. The van der Waals surface area contributed by atoms with Gasteiger partial charge in [0.15, 0.2) is 0 Å². The zero-order valence-electron chi connectivity index (χ0n) is 9.90. The minimum atomic E-state index is -0.720. The van der Waals surface area contributed by atoms with Gasteiger partial charge in [-0.3, -0.25) is 4.79 Å². The van der Waals surface area contributed by atoms with Crippen LogP contribution in [0.25, 0.3) is 0 Å². The lowest BCUT2D eigenvalue weighted by Crippen LogP contribution is -2.18. The molecule has 0 aromatic carbocycles. The number of hydrogen-bond acceptors (Lipinski definition) is 5. The molecule has 0 N–H and O–H groups in total. The molecule has 0 aliphatic carbocycles. The van der Waals surface area contributed by atoms with Gasteiger partial charge in [-0.2, -0.15) is 5.26 Å². The maximum Gasteiger partial charge on any atom is 0.323 e. The third-order valence-electron chi connectivity index (χ3n) is 1.91. The van der Waals surface area contributed by atoms with Crippen molar-refractivity contribution in [2.24, 2.45) is 5.92 Å². The van der Waals surface area contributed by atoms with E-state index < -0.39 is 11.9 Å². The molecule has 0 spiro atoms. The Balaban J connectivity index is 3.56. The second-order valence-corrected chi connectivity index (χ2v) is 3.18. The lowest BCUT2D eigenvalue weighted by Gasteiger charge is -2.08. The maximum absolute atomic E-state index is 11.2. The van der Waals surface area contributed by atoms with Crippen LogP contribution in [0.15, 0.2) is 0 Å². The molecule has 92 valence electrons. The predicted octanol–water partition coefficient (Wildman–Crippen LogP) is 1.13. The Hall–Kier alpha value is -1.12. The first-order chi connectivity index (χ1) is 7.76. The van der Waals surface area contributed by atoms with Crippen molar-refractivity contribution < 1.29 is 19.0 Å². The van der Waals surface area contributed by atoms with Crippen molar-refractivity contribution in [1.29, 1.82) is 5.26 Å². The molecule has 0 saturated carbocycles. The van der Waals surface area contributed by atoms with E-state index in [0.29, 0.717) is 32.8 Å². The van der Waals surface area contributed by atoms with Gasteiger partial charge in [0.1, 0.15) is 5.92 Å². The first kappa shape index (κ1) is 14.9. The molecule has 0 aromatic heterocycles. The molecule has 5 heteroatoms. The summed E-state index contributed by atoms with van der Waals surface area (Å²) in [4.78, 5) is 11.2. The van der Waals surface area contributed by atoms with Crippen LogP contribution in [0.4, 0.5) is 0 Å².